The van der Waals surface area contributed by atoms with Crippen LogP contribution in [0.3, 0.4) is 0 Å². The molecule has 0 saturated heterocycles. The first-order valence-corrected chi connectivity index (χ1v) is 8.95. The maximum absolute atomic E-state index is 13.5. The molecule has 0 unspecified atom stereocenters. The third-order valence-electron chi connectivity index (χ3n) is 3.98. The van der Waals surface area contributed by atoms with Crippen LogP contribution in [0, 0.1) is 17.1 Å². The first-order chi connectivity index (χ1) is 13.8. The Morgan fingerprint density at radius 3 is 2.76 bits per heavy atom. The molecule has 0 N–H and O–H groups in total. The molecule has 0 fully saturated rings. The lowest BCUT2D eigenvalue weighted by molar-refractivity contribution is -0.131. The van der Waals surface area contributed by atoms with E-state index in [9.17, 15) is 19.2 Å². The molecule has 0 amide bonds. The molecule has 0 aliphatic rings. The van der Waals surface area contributed by atoms with Crippen LogP contribution in [0.1, 0.15) is 35.6 Å². The van der Waals surface area contributed by atoms with Gasteiger partial charge in [0.25, 0.3) is 0 Å². The Balaban J connectivity index is 2.28. The van der Waals surface area contributed by atoms with Crippen molar-refractivity contribution in [2.75, 3.05) is 6.61 Å². The molecule has 9 heteroatoms. The molecule has 3 rings (SSSR count). The van der Waals surface area contributed by atoms with Crippen molar-refractivity contribution < 1.29 is 23.5 Å². The normalized spacial score (nSPS) is 10.6. The minimum Gasteiger partial charge on any atom is -0.461 e. The summed E-state index contributed by atoms with van der Waals surface area (Å²) < 4.78 is 25.3. The van der Waals surface area contributed by atoms with Gasteiger partial charge in [0.05, 0.1) is 22.5 Å². The second kappa shape index (κ2) is 8.29. The van der Waals surface area contributed by atoms with Crippen LogP contribution in [-0.2, 0) is 16.1 Å². The van der Waals surface area contributed by atoms with Gasteiger partial charge in [0, 0.05) is 19.7 Å². The molecular weight excluding hydrogens is 401 g/mol. The molecule has 0 bridgehead atoms. The summed E-state index contributed by atoms with van der Waals surface area (Å²) in [6.45, 7) is 3.01. The zero-order chi connectivity index (χ0) is 21.1. The standard InChI is InChI=1S/C20H15ClFN3O4/c1-3-28-20(27)17-19(29-11(2)26)16-14(21)10-25(18(16)15(8-23)24-17)9-12-5-4-6-13(22)7-12/h4-7,10H,3,9H2,1-2H3. The number of fused-ring (bicyclic) bond motifs is 1. The van der Waals surface area contributed by atoms with Crippen LogP contribution in [0.2, 0.25) is 5.02 Å². The Bertz CT molecular complexity index is 1170. The highest BCUT2D eigenvalue weighted by Gasteiger charge is 2.27. The maximum atomic E-state index is 13.5. The van der Waals surface area contributed by atoms with Crippen LogP contribution in [0.4, 0.5) is 4.39 Å². The van der Waals surface area contributed by atoms with Crippen molar-refractivity contribution in [3.63, 3.8) is 0 Å². The number of ether oxygens (including phenoxy) is 2. The third kappa shape index (κ3) is 4.05. The predicted octanol–water partition coefficient (Wildman–Crippen LogP) is 3.85. The van der Waals surface area contributed by atoms with Crippen molar-refractivity contribution in [2.45, 2.75) is 20.4 Å². The molecule has 29 heavy (non-hydrogen) atoms. The molecule has 1 aromatic carbocycles. The summed E-state index contributed by atoms with van der Waals surface area (Å²) in [5.41, 5.74) is 0.441. The molecule has 0 aliphatic carbocycles. The number of carbonyl (C=O) groups is 2. The minimum absolute atomic E-state index is 0.0638. The van der Waals surface area contributed by atoms with Gasteiger partial charge in [-0.3, -0.25) is 4.79 Å². The summed E-state index contributed by atoms with van der Waals surface area (Å²) >= 11 is 6.37. The smallest absolute Gasteiger partial charge is 0.360 e. The summed E-state index contributed by atoms with van der Waals surface area (Å²) in [6, 6.07) is 7.86. The fourth-order valence-electron chi connectivity index (χ4n) is 2.94. The van der Waals surface area contributed by atoms with E-state index in [1.165, 1.54) is 18.3 Å². The Hall–Kier alpha value is -3.44. The summed E-state index contributed by atoms with van der Waals surface area (Å²) in [4.78, 5) is 28.0. The molecule has 0 saturated carbocycles. The quantitative estimate of drug-likeness (QED) is 0.587. The predicted molar refractivity (Wildman–Crippen MR) is 102 cm³/mol. The topological polar surface area (TPSA) is 94.2 Å². The van der Waals surface area contributed by atoms with E-state index in [2.05, 4.69) is 4.98 Å². The molecule has 3 aromatic rings. The molecule has 0 radical (unpaired) electrons. The van der Waals surface area contributed by atoms with Crippen LogP contribution < -0.4 is 4.74 Å². The van der Waals surface area contributed by atoms with Crippen molar-refractivity contribution in [3.8, 4) is 11.8 Å². The number of nitriles is 1. The van der Waals surface area contributed by atoms with Crippen LogP contribution >= 0.6 is 11.6 Å². The number of pyridine rings is 1. The molecule has 0 atom stereocenters. The van der Waals surface area contributed by atoms with Crippen molar-refractivity contribution >= 4 is 34.4 Å². The number of esters is 2. The lowest BCUT2D eigenvalue weighted by atomic mass is 10.1. The fourth-order valence-corrected chi connectivity index (χ4v) is 3.24. The summed E-state index contributed by atoms with van der Waals surface area (Å²) in [5, 5.41) is 9.91. The first-order valence-electron chi connectivity index (χ1n) is 8.58. The van der Waals surface area contributed by atoms with Gasteiger partial charge in [0.2, 0.25) is 0 Å². The van der Waals surface area contributed by atoms with Crippen molar-refractivity contribution in [1.29, 1.82) is 5.26 Å². The third-order valence-corrected chi connectivity index (χ3v) is 4.27. The average molecular weight is 416 g/mol. The largest absolute Gasteiger partial charge is 0.461 e. The van der Waals surface area contributed by atoms with E-state index < -0.39 is 17.8 Å². The molecule has 7 nitrogen and oxygen atoms in total. The van der Waals surface area contributed by atoms with E-state index >= 15 is 0 Å². The number of benzene rings is 1. The van der Waals surface area contributed by atoms with Gasteiger partial charge in [-0.1, -0.05) is 23.7 Å². The van der Waals surface area contributed by atoms with Gasteiger partial charge >= 0.3 is 11.9 Å². The molecule has 0 spiro atoms. The molecular formula is C20H15ClFN3O4. The highest BCUT2D eigenvalue weighted by atomic mass is 35.5. The number of aromatic nitrogens is 2. The van der Waals surface area contributed by atoms with Crippen molar-refractivity contribution in [2.24, 2.45) is 0 Å². The Kier molecular flexibility index (Phi) is 5.80. The van der Waals surface area contributed by atoms with E-state index in [0.717, 1.165) is 6.92 Å². The van der Waals surface area contributed by atoms with Gasteiger partial charge in [0.1, 0.15) is 11.9 Å². The van der Waals surface area contributed by atoms with Crippen LogP contribution in [0.15, 0.2) is 30.5 Å². The number of hydrogen-bond acceptors (Lipinski definition) is 6. The second-order valence-corrected chi connectivity index (χ2v) is 6.43. The van der Waals surface area contributed by atoms with E-state index in [1.54, 1.807) is 23.6 Å². The van der Waals surface area contributed by atoms with Crippen LogP contribution in [-0.4, -0.2) is 28.1 Å². The molecule has 148 valence electrons. The molecule has 2 aromatic heterocycles. The van der Waals surface area contributed by atoms with Crippen LogP contribution in [0.5, 0.6) is 5.75 Å². The van der Waals surface area contributed by atoms with E-state index in [0.29, 0.717) is 5.56 Å². The zero-order valence-electron chi connectivity index (χ0n) is 15.5. The summed E-state index contributed by atoms with van der Waals surface area (Å²) in [6.07, 6.45) is 1.50. The maximum Gasteiger partial charge on any atom is 0.360 e. The number of halogens is 2. The molecule has 0 aliphatic heterocycles. The second-order valence-electron chi connectivity index (χ2n) is 6.02. The number of nitrogens with zero attached hydrogens (tertiary/aromatic N) is 3. The van der Waals surface area contributed by atoms with E-state index in [4.69, 9.17) is 21.1 Å². The first kappa shape index (κ1) is 20.3. The van der Waals surface area contributed by atoms with Gasteiger partial charge in [-0.25, -0.2) is 14.2 Å². The number of hydrogen-bond donors (Lipinski definition) is 0. The van der Waals surface area contributed by atoms with Gasteiger partial charge in [-0.15, -0.1) is 0 Å². The number of rotatable bonds is 5. The fraction of sp³-hybridized carbons (Fsp3) is 0.200. The van der Waals surface area contributed by atoms with Gasteiger partial charge < -0.3 is 14.0 Å². The van der Waals surface area contributed by atoms with E-state index in [-0.39, 0.29) is 46.2 Å². The van der Waals surface area contributed by atoms with Crippen LogP contribution in [0.25, 0.3) is 10.9 Å². The monoisotopic (exact) mass is 415 g/mol. The van der Waals surface area contributed by atoms with Gasteiger partial charge in [-0.05, 0) is 24.6 Å². The average Bonchev–Trinajstić information content (AvgIpc) is 2.98. The minimum atomic E-state index is -0.851. The summed E-state index contributed by atoms with van der Waals surface area (Å²) in [7, 11) is 0. The van der Waals surface area contributed by atoms with Crippen molar-refractivity contribution in [1.82, 2.24) is 9.55 Å². The SMILES string of the molecule is CCOC(=O)c1nc(C#N)c2c(c(Cl)cn2Cc2cccc(F)c2)c1OC(C)=O. The van der Waals surface area contributed by atoms with Gasteiger partial charge in [-0.2, -0.15) is 5.26 Å². The highest BCUT2D eigenvalue weighted by molar-refractivity contribution is 6.36. The lowest BCUT2D eigenvalue weighted by Crippen LogP contribution is -2.14. The number of carbonyl (C=O) groups excluding carboxylic acids is 2. The summed E-state index contributed by atoms with van der Waals surface area (Å²) in [5.74, 6) is -2.14. The zero-order valence-corrected chi connectivity index (χ0v) is 16.3. The lowest BCUT2D eigenvalue weighted by Gasteiger charge is -2.12. The molecule has 2 heterocycles. The Morgan fingerprint density at radius 1 is 1.38 bits per heavy atom. The Labute approximate surface area is 170 Å². The Morgan fingerprint density at radius 2 is 2.14 bits per heavy atom. The van der Waals surface area contributed by atoms with E-state index in [1.807, 2.05) is 6.07 Å². The van der Waals surface area contributed by atoms with Crippen molar-refractivity contribution in [3.05, 3.63) is 58.3 Å². The highest BCUT2D eigenvalue weighted by Crippen LogP contribution is 2.38. The van der Waals surface area contributed by atoms with Gasteiger partial charge in [0.15, 0.2) is 17.1 Å².